The summed E-state index contributed by atoms with van der Waals surface area (Å²) in [6, 6.07) is -0.120. The van der Waals surface area contributed by atoms with Gasteiger partial charge in [0, 0.05) is 12.5 Å². The molecule has 1 atom stereocenters. The van der Waals surface area contributed by atoms with E-state index in [4.69, 9.17) is 10.3 Å². The Kier molecular flexibility index (Phi) is 2.95. The number of nitrogens with zero attached hydrogens (tertiary/aromatic N) is 5. The second-order valence-electron chi connectivity index (χ2n) is 3.59. The average Bonchev–Trinajstić information content (AvgIpc) is 2.87. The monoisotopic (exact) mass is 222 g/mol. The first-order valence-electron chi connectivity index (χ1n) is 5.16. The maximum Gasteiger partial charge on any atom is 0.226 e. The van der Waals surface area contributed by atoms with Gasteiger partial charge in [0.25, 0.3) is 0 Å². The van der Waals surface area contributed by atoms with Crippen molar-refractivity contribution in [3.63, 3.8) is 0 Å². The van der Waals surface area contributed by atoms with Crippen LogP contribution in [0.15, 0.2) is 10.7 Å². The van der Waals surface area contributed by atoms with Gasteiger partial charge < -0.3 is 10.3 Å². The zero-order chi connectivity index (χ0) is 11.5. The summed E-state index contributed by atoms with van der Waals surface area (Å²) in [5.74, 6) is 1.22. The van der Waals surface area contributed by atoms with Crippen molar-refractivity contribution in [1.29, 1.82) is 0 Å². The van der Waals surface area contributed by atoms with Crippen molar-refractivity contribution in [3.05, 3.63) is 23.6 Å². The van der Waals surface area contributed by atoms with Crippen molar-refractivity contribution in [2.45, 2.75) is 32.9 Å². The summed E-state index contributed by atoms with van der Waals surface area (Å²) in [7, 11) is 0. The van der Waals surface area contributed by atoms with E-state index in [-0.39, 0.29) is 6.04 Å². The fraction of sp³-hybridized carbons (Fsp3) is 0.556. The van der Waals surface area contributed by atoms with Crippen molar-refractivity contribution in [1.82, 2.24) is 25.1 Å². The van der Waals surface area contributed by atoms with E-state index in [1.165, 1.54) is 0 Å². The highest BCUT2D eigenvalue weighted by Gasteiger charge is 2.08. The van der Waals surface area contributed by atoms with Gasteiger partial charge in [-0.15, -0.1) is 5.10 Å². The zero-order valence-electron chi connectivity index (χ0n) is 9.29. The highest BCUT2D eigenvalue weighted by Crippen LogP contribution is 2.05. The van der Waals surface area contributed by atoms with E-state index < -0.39 is 0 Å². The van der Waals surface area contributed by atoms with E-state index in [0.29, 0.717) is 18.3 Å². The average molecular weight is 222 g/mol. The first-order chi connectivity index (χ1) is 7.69. The normalized spacial score (nSPS) is 12.9. The third kappa shape index (κ3) is 2.25. The van der Waals surface area contributed by atoms with E-state index in [1.807, 2.05) is 13.8 Å². The molecule has 0 fully saturated rings. The quantitative estimate of drug-likeness (QED) is 0.798. The van der Waals surface area contributed by atoms with Crippen LogP contribution >= 0.6 is 0 Å². The molecule has 0 saturated heterocycles. The van der Waals surface area contributed by atoms with Crippen LogP contribution in [0.25, 0.3) is 0 Å². The summed E-state index contributed by atoms with van der Waals surface area (Å²) in [6.45, 7) is 4.27. The van der Waals surface area contributed by atoms with Gasteiger partial charge in [0.1, 0.15) is 6.54 Å². The maximum absolute atomic E-state index is 5.68. The number of hydrogen-bond donors (Lipinski definition) is 1. The summed E-state index contributed by atoms with van der Waals surface area (Å²) in [4.78, 5) is 4.18. The van der Waals surface area contributed by atoms with Gasteiger partial charge in [-0.05, 0) is 6.92 Å². The number of aromatic nitrogens is 5. The molecule has 86 valence electrons. The molecule has 2 aromatic rings. The fourth-order valence-corrected chi connectivity index (χ4v) is 1.24. The van der Waals surface area contributed by atoms with E-state index in [9.17, 15) is 0 Å². The first kappa shape index (κ1) is 10.7. The van der Waals surface area contributed by atoms with Crippen LogP contribution in [0.5, 0.6) is 0 Å². The van der Waals surface area contributed by atoms with Gasteiger partial charge in [-0.1, -0.05) is 17.3 Å². The Hall–Kier alpha value is -1.76. The van der Waals surface area contributed by atoms with Crippen molar-refractivity contribution in [2.75, 3.05) is 0 Å². The lowest BCUT2D eigenvalue weighted by atomic mass is 10.3. The molecule has 1 unspecified atom stereocenters. The van der Waals surface area contributed by atoms with Gasteiger partial charge in [0.05, 0.1) is 11.9 Å². The van der Waals surface area contributed by atoms with Crippen molar-refractivity contribution in [2.24, 2.45) is 5.73 Å². The third-order valence-corrected chi connectivity index (χ3v) is 2.14. The van der Waals surface area contributed by atoms with E-state index in [1.54, 1.807) is 10.9 Å². The summed E-state index contributed by atoms with van der Waals surface area (Å²) in [6.07, 6.45) is 2.52. The number of nitrogens with two attached hydrogens (primary N) is 1. The van der Waals surface area contributed by atoms with Gasteiger partial charge in [-0.3, -0.25) is 0 Å². The molecule has 0 radical (unpaired) electrons. The van der Waals surface area contributed by atoms with Gasteiger partial charge in [0.2, 0.25) is 5.89 Å². The molecule has 0 aliphatic carbocycles. The Balaban J connectivity index is 2.08. The molecule has 0 aliphatic rings. The third-order valence-electron chi connectivity index (χ3n) is 2.14. The Morgan fingerprint density at radius 2 is 2.38 bits per heavy atom. The van der Waals surface area contributed by atoms with Crippen molar-refractivity contribution in [3.8, 4) is 0 Å². The molecule has 0 saturated carbocycles. The molecule has 2 aromatic heterocycles. The number of aryl methyl sites for hydroxylation is 1. The van der Waals surface area contributed by atoms with Gasteiger partial charge in [-0.2, -0.15) is 4.98 Å². The zero-order valence-corrected chi connectivity index (χ0v) is 9.29. The smallest absolute Gasteiger partial charge is 0.226 e. The van der Waals surface area contributed by atoms with Gasteiger partial charge >= 0.3 is 0 Å². The lowest BCUT2D eigenvalue weighted by Gasteiger charge is -1.95. The summed E-state index contributed by atoms with van der Waals surface area (Å²) in [5, 5.41) is 11.7. The second-order valence-corrected chi connectivity index (χ2v) is 3.59. The first-order valence-corrected chi connectivity index (χ1v) is 5.16. The summed E-state index contributed by atoms with van der Waals surface area (Å²) >= 11 is 0. The number of hydrogen-bond acceptors (Lipinski definition) is 6. The van der Waals surface area contributed by atoms with E-state index in [0.717, 1.165) is 12.1 Å². The van der Waals surface area contributed by atoms with E-state index >= 15 is 0 Å². The standard InChI is InChI=1S/C9H14N6O/c1-3-9-11-8(13-16-9)5-15-4-7(6(2)10)12-14-15/h4,6H,3,5,10H2,1-2H3. The number of rotatable bonds is 4. The van der Waals surface area contributed by atoms with Crippen LogP contribution in [-0.4, -0.2) is 25.1 Å². The minimum atomic E-state index is -0.120. The molecule has 7 heteroatoms. The maximum atomic E-state index is 5.68. The molecule has 0 spiro atoms. The molecule has 0 aromatic carbocycles. The van der Waals surface area contributed by atoms with Crippen LogP contribution in [0.3, 0.4) is 0 Å². The van der Waals surface area contributed by atoms with Gasteiger partial charge in [0.15, 0.2) is 5.82 Å². The molecular weight excluding hydrogens is 208 g/mol. The molecule has 2 heterocycles. The van der Waals surface area contributed by atoms with Gasteiger partial charge in [-0.25, -0.2) is 4.68 Å². The predicted octanol–water partition coefficient (Wildman–Crippen LogP) is 0.291. The van der Waals surface area contributed by atoms with Crippen molar-refractivity contribution >= 4 is 0 Å². The van der Waals surface area contributed by atoms with Crippen LogP contribution in [0.4, 0.5) is 0 Å². The predicted molar refractivity (Wildman–Crippen MR) is 55.4 cm³/mol. The lowest BCUT2D eigenvalue weighted by Crippen LogP contribution is -2.05. The minimum Gasteiger partial charge on any atom is -0.339 e. The lowest BCUT2D eigenvalue weighted by molar-refractivity contribution is 0.374. The Morgan fingerprint density at radius 1 is 1.56 bits per heavy atom. The van der Waals surface area contributed by atoms with Crippen LogP contribution in [-0.2, 0) is 13.0 Å². The Labute approximate surface area is 92.6 Å². The fourth-order valence-electron chi connectivity index (χ4n) is 1.24. The molecular formula is C9H14N6O. The largest absolute Gasteiger partial charge is 0.339 e. The highest BCUT2D eigenvalue weighted by atomic mass is 16.5. The topological polar surface area (TPSA) is 95.7 Å². The molecule has 16 heavy (non-hydrogen) atoms. The highest BCUT2D eigenvalue weighted by molar-refractivity contribution is 4.98. The van der Waals surface area contributed by atoms with Crippen LogP contribution in [0, 0.1) is 0 Å². The molecule has 0 bridgehead atoms. The van der Waals surface area contributed by atoms with E-state index in [2.05, 4.69) is 20.5 Å². The van der Waals surface area contributed by atoms with Crippen LogP contribution in [0.2, 0.25) is 0 Å². The SMILES string of the molecule is CCc1nc(Cn2cc(C(C)N)nn2)no1. The summed E-state index contributed by atoms with van der Waals surface area (Å²) in [5.41, 5.74) is 6.43. The minimum absolute atomic E-state index is 0.120. The molecule has 2 rings (SSSR count). The second kappa shape index (κ2) is 4.40. The molecule has 0 amide bonds. The molecule has 2 N–H and O–H groups in total. The van der Waals surface area contributed by atoms with Crippen molar-refractivity contribution < 1.29 is 4.52 Å². The molecule has 0 aliphatic heterocycles. The van der Waals surface area contributed by atoms with Crippen LogP contribution in [0.1, 0.15) is 37.3 Å². The molecule has 7 nitrogen and oxygen atoms in total. The van der Waals surface area contributed by atoms with Crippen LogP contribution < -0.4 is 5.73 Å². The Morgan fingerprint density at radius 3 is 2.94 bits per heavy atom. The summed E-state index contributed by atoms with van der Waals surface area (Å²) < 4.78 is 6.63. The Bertz CT molecular complexity index is 460.